The van der Waals surface area contributed by atoms with Crippen LogP contribution < -0.4 is 15.6 Å². The summed E-state index contributed by atoms with van der Waals surface area (Å²) >= 11 is 9.06. The average molecular weight is 384 g/mol. The third kappa shape index (κ3) is 4.75. The minimum atomic E-state index is -0.486. The molecule has 7 heteroatoms. The molecule has 0 unspecified atom stereocenters. The van der Waals surface area contributed by atoms with E-state index in [1.54, 1.807) is 48.5 Å². The van der Waals surface area contributed by atoms with E-state index in [-0.39, 0.29) is 6.61 Å². The van der Waals surface area contributed by atoms with Gasteiger partial charge in [0, 0.05) is 9.50 Å². The van der Waals surface area contributed by atoms with E-state index in [0.29, 0.717) is 20.8 Å². The number of rotatable bonds is 4. The van der Waals surface area contributed by atoms with Crippen LogP contribution in [-0.4, -0.2) is 18.4 Å². The lowest BCUT2D eigenvalue weighted by atomic mass is 10.2. The summed E-state index contributed by atoms with van der Waals surface area (Å²) in [5.74, 6) is -0.441. The number of hydrogen-bond donors (Lipinski definition) is 2. The molecule has 22 heavy (non-hydrogen) atoms. The molecule has 2 N–H and O–H groups in total. The number of ether oxygens (including phenoxy) is 1. The van der Waals surface area contributed by atoms with Gasteiger partial charge in [0.15, 0.2) is 6.61 Å². The maximum absolute atomic E-state index is 11.9. The van der Waals surface area contributed by atoms with E-state index in [4.69, 9.17) is 16.3 Å². The summed E-state index contributed by atoms with van der Waals surface area (Å²) in [4.78, 5) is 23.5. The van der Waals surface area contributed by atoms with E-state index in [0.717, 1.165) is 0 Å². The molecule has 2 aromatic rings. The predicted octanol–water partition coefficient (Wildman–Crippen LogP) is 2.94. The second-order valence-electron chi connectivity index (χ2n) is 4.23. The highest BCUT2D eigenvalue weighted by Gasteiger charge is 2.10. The molecule has 5 nitrogen and oxygen atoms in total. The largest absolute Gasteiger partial charge is 0.484 e. The van der Waals surface area contributed by atoms with Gasteiger partial charge in [-0.3, -0.25) is 20.4 Å². The predicted molar refractivity (Wildman–Crippen MR) is 86.7 cm³/mol. The lowest BCUT2D eigenvalue weighted by Crippen LogP contribution is -2.43. The van der Waals surface area contributed by atoms with Crippen molar-refractivity contribution >= 4 is 39.3 Å². The summed E-state index contributed by atoms with van der Waals surface area (Å²) in [5, 5.41) is 0.514. The van der Waals surface area contributed by atoms with Gasteiger partial charge in [-0.2, -0.15) is 0 Å². The number of halogens is 2. The molecule has 0 saturated carbocycles. The Labute approximate surface area is 140 Å². The molecule has 0 aromatic heterocycles. The van der Waals surface area contributed by atoms with E-state index in [1.165, 1.54) is 0 Å². The maximum Gasteiger partial charge on any atom is 0.276 e. The normalized spacial score (nSPS) is 9.91. The van der Waals surface area contributed by atoms with Crippen molar-refractivity contribution in [1.29, 1.82) is 0 Å². The number of hydrazine groups is 1. The quantitative estimate of drug-likeness (QED) is 0.798. The standard InChI is InChI=1S/C15H12BrClN2O3/c16-13-7-2-1-6-12(13)15(21)19-18-14(20)9-22-11-5-3-4-10(17)8-11/h1-8H,9H2,(H,18,20)(H,19,21). The first-order chi connectivity index (χ1) is 10.6. The van der Waals surface area contributed by atoms with Gasteiger partial charge in [0.25, 0.3) is 11.8 Å². The zero-order valence-electron chi connectivity index (χ0n) is 11.3. The van der Waals surface area contributed by atoms with Gasteiger partial charge in [-0.15, -0.1) is 0 Å². The van der Waals surface area contributed by atoms with Crippen LogP contribution in [0.15, 0.2) is 53.0 Å². The van der Waals surface area contributed by atoms with Crippen molar-refractivity contribution < 1.29 is 14.3 Å². The first-order valence-electron chi connectivity index (χ1n) is 6.28. The van der Waals surface area contributed by atoms with Crippen LogP contribution >= 0.6 is 27.5 Å². The Morgan fingerprint density at radius 3 is 2.59 bits per heavy atom. The molecule has 0 aliphatic heterocycles. The maximum atomic E-state index is 11.9. The topological polar surface area (TPSA) is 67.4 Å². The fraction of sp³-hybridized carbons (Fsp3) is 0.0667. The number of hydrogen-bond acceptors (Lipinski definition) is 3. The summed E-state index contributed by atoms with van der Waals surface area (Å²) < 4.78 is 5.89. The molecule has 0 fully saturated rings. The summed E-state index contributed by atoms with van der Waals surface area (Å²) in [6.45, 7) is -0.240. The zero-order valence-corrected chi connectivity index (χ0v) is 13.6. The van der Waals surface area contributed by atoms with Gasteiger partial charge in [-0.1, -0.05) is 29.8 Å². The van der Waals surface area contributed by atoms with Crippen molar-refractivity contribution in [3.05, 3.63) is 63.6 Å². The fourth-order valence-corrected chi connectivity index (χ4v) is 2.23. The number of benzene rings is 2. The van der Waals surface area contributed by atoms with Crippen LogP contribution in [0.4, 0.5) is 0 Å². The van der Waals surface area contributed by atoms with Crippen LogP contribution in [0.2, 0.25) is 5.02 Å². The van der Waals surface area contributed by atoms with Crippen molar-refractivity contribution in [1.82, 2.24) is 10.9 Å². The smallest absolute Gasteiger partial charge is 0.276 e. The van der Waals surface area contributed by atoms with Crippen molar-refractivity contribution in [2.75, 3.05) is 6.61 Å². The van der Waals surface area contributed by atoms with Gasteiger partial charge in [0.1, 0.15) is 5.75 Å². The molecule has 0 spiro atoms. The van der Waals surface area contributed by atoms with Gasteiger partial charge in [-0.25, -0.2) is 0 Å². The molecular weight excluding hydrogens is 372 g/mol. The Hall–Kier alpha value is -2.05. The molecule has 2 rings (SSSR count). The summed E-state index contributed by atoms with van der Waals surface area (Å²) in [6, 6.07) is 13.6. The highest BCUT2D eigenvalue weighted by Crippen LogP contribution is 2.17. The van der Waals surface area contributed by atoms with E-state index in [2.05, 4.69) is 26.8 Å². The van der Waals surface area contributed by atoms with Crippen molar-refractivity contribution in [3.8, 4) is 5.75 Å². The van der Waals surface area contributed by atoms with Gasteiger partial charge in [0.05, 0.1) is 5.56 Å². The Bertz CT molecular complexity index is 694. The first-order valence-corrected chi connectivity index (χ1v) is 7.45. The lowest BCUT2D eigenvalue weighted by Gasteiger charge is -2.09. The van der Waals surface area contributed by atoms with Crippen LogP contribution in [0.3, 0.4) is 0 Å². The second-order valence-corrected chi connectivity index (χ2v) is 5.52. The minimum absolute atomic E-state index is 0.240. The number of amides is 2. The third-order valence-electron chi connectivity index (χ3n) is 2.60. The van der Waals surface area contributed by atoms with Gasteiger partial charge >= 0.3 is 0 Å². The monoisotopic (exact) mass is 382 g/mol. The molecular formula is C15H12BrClN2O3. The second kappa shape index (κ2) is 7.82. The highest BCUT2D eigenvalue weighted by atomic mass is 79.9. The molecule has 0 saturated heterocycles. The van der Waals surface area contributed by atoms with Crippen molar-refractivity contribution in [2.45, 2.75) is 0 Å². The zero-order chi connectivity index (χ0) is 15.9. The van der Waals surface area contributed by atoms with Gasteiger partial charge in [0.2, 0.25) is 0 Å². The summed E-state index contributed by atoms with van der Waals surface area (Å²) in [5.41, 5.74) is 5.00. The van der Waals surface area contributed by atoms with Gasteiger partial charge in [-0.05, 0) is 46.3 Å². The Kier molecular flexibility index (Phi) is 5.80. The molecule has 2 amide bonds. The highest BCUT2D eigenvalue weighted by molar-refractivity contribution is 9.10. The minimum Gasteiger partial charge on any atom is -0.484 e. The van der Waals surface area contributed by atoms with E-state index < -0.39 is 11.8 Å². The summed E-state index contributed by atoms with van der Waals surface area (Å²) in [6.07, 6.45) is 0. The average Bonchev–Trinajstić information content (AvgIpc) is 2.51. The van der Waals surface area contributed by atoms with Crippen LogP contribution in [0.5, 0.6) is 5.75 Å². The van der Waals surface area contributed by atoms with E-state index in [9.17, 15) is 9.59 Å². The van der Waals surface area contributed by atoms with Crippen LogP contribution in [0, 0.1) is 0 Å². The molecule has 0 bridgehead atoms. The number of nitrogens with one attached hydrogen (secondary N) is 2. The van der Waals surface area contributed by atoms with Crippen molar-refractivity contribution in [2.24, 2.45) is 0 Å². The molecule has 0 atom stereocenters. The Morgan fingerprint density at radius 2 is 1.86 bits per heavy atom. The van der Waals surface area contributed by atoms with E-state index in [1.807, 2.05) is 0 Å². The van der Waals surface area contributed by atoms with Gasteiger partial charge < -0.3 is 4.74 Å². The SMILES string of the molecule is O=C(COc1cccc(Cl)c1)NNC(=O)c1ccccc1Br. The first kappa shape index (κ1) is 16.3. The molecule has 2 aromatic carbocycles. The fourth-order valence-electron chi connectivity index (χ4n) is 1.58. The molecule has 0 aliphatic rings. The van der Waals surface area contributed by atoms with Crippen LogP contribution in [0.25, 0.3) is 0 Å². The van der Waals surface area contributed by atoms with E-state index >= 15 is 0 Å². The Morgan fingerprint density at radius 1 is 1.09 bits per heavy atom. The van der Waals surface area contributed by atoms with Crippen LogP contribution in [0.1, 0.15) is 10.4 Å². The number of carbonyl (C=O) groups is 2. The molecule has 0 aliphatic carbocycles. The Balaban J connectivity index is 1.81. The molecule has 114 valence electrons. The molecule has 0 radical (unpaired) electrons. The van der Waals surface area contributed by atoms with Crippen LogP contribution in [-0.2, 0) is 4.79 Å². The van der Waals surface area contributed by atoms with Crippen molar-refractivity contribution in [3.63, 3.8) is 0 Å². The molecule has 0 heterocycles. The lowest BCUT2D eigenvalue weighted by molar-refractivity contribution is -0.123. The number of carbonyl (C=O) groups excluding carboxylic acids is 2. The third-order valence-corrected chi connectivity index (χ3v) is 3.53. The summed E-state index contributed by atoms with van der Waals surface area (Å²) in [7, 11) is 0.